The molecule has 0 radical (unpaired) electrons. The Morgan fingerprint density at radius 1 is 1.24 bits per heavy atom. The molecule has 1 N–H and O–H groups in total. The summed E-state index contributed by atoms with van der Waals surface area (Å²) < 4.78 is 54.4. The number of amides is 1. The van der Waals surface area contributed by atoms with E-state index < -0.39 is 30.3 Å². The SMILES string of the molecule is O=C(Cn1c(C(F)(F)F)nc2ccccc21)NN=C1CCSc2ccc(F)cc21. The summed E-state index contributed by atoms with van der Waals surface area (Å²) in [5.74, 6) is -1.60. The van der Waals surface area contributed by atoms with Crippen LogP contribution >= 0.6 is 11.8 Å². The van der Waals surface area contributed by atoms with E-state index in [1.807, 2.05) is 0 Å². The molecule has 29 heavy (non-hydrogen) atoms. The monoisotopic (exact) mass is 422 g/mol. The Kier molecular flexibility index (Phi) is 5.03. The number of rotatable bonds is 3. The number of hydrogen-bond donors (Lipinski definition) is 1. The van der Waals surface area contributed by atoms with Gasteiger partial charge in [0.1, 0.15) is 12.4 Å². The van der Waals surface area contributed by atoms with Crippen molar-refractivity contribution in [3.05, 3.63) is 59.7 Å². The second-order valence-corrected chi connectivity index (χ2v) is 7.48. The zero-order chi connectivity index (χ0) is 20.6. The predicted octanol–water partition coefficient (Wildman–Crippen LogP) is 4.21. The first-order valence-electron chi connectivity index (χ1n) is 8.63. The van der Waals surface area contributed by atoms with Crippen molar-refractivity contribution in [3.63, 3.8) is 0 Å². The number of para-hydroxylation sites is 2. The van der Waals surface area contributed by atoms with Gasteiger partial charge in [0.05, 0.1) is 16.7 Å². The molecule has 0 saturated carbocycles. The van der Waals surface area contributed by atoms with Crippen molar-refractivity contribution in [2.24, 2.45) is 5.10 Å². The van der Waals surface area contributed by atoms with Crippen LogP contribution in [0, 0.1) is 5.82 Å². The van der Waals surface area contributed by atoms with Crippen LogP contribution in [0.2, 0.25) is 0 Å². The summed E-state index contributed by atoms with van der Waals surface area (Å²) in [4.78, 5) is 16.8. The zero-order valence-electron chi connectivity index (χ0n) is 14.8. The molecule has 0 spiro atoms. The molecule has 0 fully saturated rings. The molecule has 3 aromatic rings. The number of benzene rings is 2. The van der Waals surface area contributed by atoms with Crippen LogP contribution in [0.1, 0.15) is 17.8 Å². The summed E-state index contributed by atoms with van der Waals surface area (Å²) in [5, 5.41) is 4.04. The van der Waals surface area contributed by atoms with Crippen molar-refractivity contribution < 1.29 is 22.4 Å². The molecule has 0 bridgehead atoms. The van der Waals surface area contributed by atoms with E-state index in [2.05, 4.69) is 15.5 Å². The number of nitrogens with zero attached hydrogens (tertiary/aromatic N) is 3. The smallest absolute Gasteiger partial charge is 0.311 e. The minimum absolute atomic E-state index is 0.146. The van der Waals surface area contributed by atoms with Gasteiger partial charge in [0.15, 0.2) is 0 Å². The van der Waals surface area contributed by atoms with Gasteiger partial charge in [-0.25, -0.2) is 14.8 Å². The van der Waals surface area contributed by atoms with E-state index in [0.717, 1.165) is 9.46 Å². The number of imidazole rings is 1. The first-order chi connectivity index (χ1) is 13.8. The zero-order valence-corrected chi connectivity index (χ0v) is 15.6. The van der Waals surface area contributed by atoms with Crippen molar-refractivity contribution in [1.29, 1.82) is 0 Å². The van der Waals surface area contributed by atoms with Crippen molar-refractivity contribution in [1.82, 2.24) is 15.0 Å². The van der Waals surface area contributed by atoms with Gasteiger partial charge in [-0.1, -0.05) is 12.1 Å². The van der Waals surface area contributed by atoms with Gasteiger partial charge in [0.2, 0.25) is 5.82 Å². The molecule has 150 valence electrons. The van der Waals surface area contributed by atoms with Crippen molar-refractivity contribution in [3.8, 4) is 0 Å². The van der Waals surface area contributed by atoms with Gasteiger partial charge in [-0.05, 0) is 30.3 Å². The summed E-state index contributed by atoms with van der Waals surface area (Å²) in [5.41, 5.74) is 3.70. The largest absolute Gasteiger partial charge is 0.449 e. The Hall–Kier alpha value is -2.88. The van der Waals surface area contributed by atoms with E-state index in [-0.39, 0.29) is 11.0 Å². The van der Waals surface area contributed by atoms with Gasteiger partial charge < -0.3 is 4.57 Å². The van der Waals surface area contributed by atoms with Gasteiger partial charge in [-0.3, -0.25) is 4.79 Å². The number of aromatic nitrogens is 2. The molecule has 0 unspecified atom stereocenters. The first-order valence-corrected chi connectivity index (χ1v) is 9.62. The van der Waals surface area contributed by atoms with E-state index in [1.54, 1.807) is 30.0 Å². The molecule has 5 nitrogen and oxygen atoms in total. The summed E-state index contributed by atoms with van der Waals surface area (Å²) >= 11 is 1.55. The maximum atomic E-state index is 13.6. The van der Waals surface area contributed by atoms with Crippen LogP contribution in [0.3, 0.4) is 0 Å². The van der Waals surface area contributed by atoms with E-state index in [4.69, 9.17) is 0 Å². The second kappa shape index (κ2) is 7.51. The number of hydrogen-bond acceptors (Lipinski definition) is 4. The van der Waals surface area contributed by atoms with Crippen LogP contribution in [-0.2, 0) is 17.5 Å². The fraction of sp³-hybridized carbons (Fsp3) is 0.211. The first kappa shape index (κ1) is 19.4. The van der Waals surface area contributed by atoms with Crippen molar-refractivity contribution in [2.75, 3.05) is 5.75 Å². The quantitative estimate of drug-likeness (QED) is 0.508. The minimum Gasteiger partial charge on any atom is -0.311 e. The lowest BCUT2D eigenvalue weighted by Gasteiger charge is -2.17. The van der Waals surface area contributed by atoms with E-state index in [0.29, 0.717) is 23.4 Å². The average Bonchev–Trinajstić information content (AvgIpc) is 3.05. The van der Waals surface area contributed by atoms with Crippen LogP contribution in [0.5, 0.6) is 0 Å². The lowest BCUT2D eigenvalue weighted by Crippen LogP contribution is -2.27. The van der Waals surface area contributed by atoms with Crippen LogP contribution in [0.15, 0.2) is 52.5 Å². The van der Waals surface area contributed by atoms with E-state index in [9.17, 15) is 22.4 Å². The van der Waals surface area contributed by atoms with Crippen molar-refractivity contribution in [2.45, 2.75) is 24.0 Å². The number of thioether (sulfide) groups is 1. The summed E-state index contributed by atoms with van der Waals surface area (Å²) in [6.07, 6.45) is -4.20. The van der Waals surface area contributed by atoms with Gasteiger partial charge in [-0.15, -0.1) is 11.8 Å². The predicted molar refractivity (Wildman–Crippen MR) is 101 cm³/mol. The fourth-order valence-electron chi connectivity index (χ4n) is 3.12. The molecular weight excluding hydrogens is 408 g/mol. The summed E-state index contributed by atoms with van der Waals surface area (Å²) in [6.45, 7) is -0.600. The molecule has 2 aromatic carbocycles. The molecule has 1 aromatic heterocycles. The molecule has 0 saturated heterocycles. The third-order valence-corrected chi connectivity index (χ3v) is 5.45. The highest BCUT2D eigenvalue weighted by molar-refractivity contribution is 7.99. The maximum absolute atomic E-state index is 13.6. The Morgan fingerprint density at radius 2 is 2.03 bits per heavy atom. The molecule has 4 rings (SSSR count). The van der Waals surface area contributed by atoms with Crippen LogP contribution < -0.4 is 5.43 Å². The Balaban J connectivity index is 1.59. The number of halogens is 4. The van der Waals surface area contributed by atoms with Gasteiger partial charge in [-0.2, -0.15) is 18.3 Å². The van der Waals surface area contributed by atoms with E-state index >= 15 is 0 Å². The van der Waals surface area contributed by atoms with Crippen LogP contribution in [0.25, 0.3) is 11.0 Å². The average molecular weight is 422 g/mol. The highest BCUT2D eigenvalue weighted by Crippen LogP contribution is 2.32. The summed E-state index contributed by atoms with van der Waals surface area (Å²) in [6, 6.07) is 10.4. The number of fused-ring (bicyclic) bond motifs is 2. The lowest BCUT2D eigenvalue weighted by molar-refractivity contribution is -0.147. The van der Waals surface area contributed by atoms with Crippen molar-refractivity contribution >= 4 is 34.4 Å². The Labute approximate surface area is 166 Å². The van der Waals surface area contributed by atoms with Crippen LogP contribution in [-0.4, -0.2) is 26.9 Å². The maximum Gasteiger partial charge on any atom is 0.449 e. The highest BCUT2D eigenvalue weighted by atomic mass is 32.2. The van der Waals surface area contributed by atoms with E-state index in [1.165, 1.54) is 24.3 Å². The third-order valence-electron chi connectivity index (χ3n) is 4.37. The number of alkyl halides is 3. The summed E-state index contributed by atoms with van der Waals surface area (Å²) in [7, 11) is 0. The Bertz CT molecular complexity index is 1120. The minimum atomic E-state index is -4.71. The normalized spacial score (nSPS) is 15.5. The lowest BCUT2D eigenvalue weighted by atomic mass is 10.1. The number of hydrazone groups is 1. The van der Waals surface area contributed by atoms with Gasteiger partial charge in [0, 0.05) is 22.6 Å². The standard InChI is InChI=1S/C19H14F4N4OS/c20-11-5-6-16-12(9-11)13(7-8-29-16)25-26-17(28)10-27-15-4-2-1-3-14(15)24-18(27)19(21,22)23/h1-6,9H,7-8,10H2,(H,26,28). The molecule has 1 amide bonds. The molecular formula is C19H14F4N4OS. The second-order valence-electron chi connectivity index (χ2n) is 6.34. The number of carbonyl (C=O) groups excluding carboxylic acids is 1. The number of carbonyl (C=O) groups is 1. The molecule has 2 heterocycles. The third kappa shape index (κ3) is 3.98. The molecule has 0 aliphatic carbocycles. The van der Waals surface area contributed by atoms with Crippen LogP contribution in [0.4, 0.5) is 17.6 Å². The molecule has 1 aliphatic rings. The van der Waals surface area contributed by atoms with Gasteiger partial charge in [0.25, 0.3) is 5.91 Å². The topological polar surface area (TPSA) is 59.3 Å². The molecule has 1 aliphatic heterocycles. The van der Waals surface area contributed by atoms with Gasteiger partial charge >= 0.3 is 6.18 Å². The molecule has 10 heteroatoms. The fourth-order valence-corrected chi connectivity index (χ4v) is 4.13. The highest BCUT2D eigenvalue weighted by Gasteiger charge is 2.38. The molecule has 0 atom stereocenters. The number of nitrogens with one attached hydrogen (secondary N) is 1. The Morgan fingerprint density at radius 3 is 2.83 bits per heavy atom.